The molecule has 5 atom stereocenters. The Morgan fingerprint density at radius 2 is 1.96 bits per heavy atom. The number of hydrogen-bond donors (Lipinski definition) is 1. The van der Waals surface area contributed by atoms with Gasteiger partial charge in [0.2, 0.25) is 5.91 Å². The summed E-state index contributed by atoms with van der Waals surface area (Å²) in [5.74, 6) is -0.201. The number of fused-ring (bicyclic) bond motifs is 1. The van der Waals surface area contributed by atoms with Crippen LogP contribution in [0.25, 0.3) is 0 Å². The number of aromatic hydroxyl groups is 1. The van der Waals surface area contributed by atoms with Crippen molar-refractivity contribution in [2.75, 3.05) is 13.2 Å². The van der Waals surface area contributed by atoms with Crippen molar-refractivity contribution in [2.45, 2.75) is 123 Å². The molecule has 3 aliphatic rings. The SMILES string of the molecule is C=CCOC(=O)C1=C(COc2cc(CCCCC)cc(O)c2[C@@H]2C=C(C)CC[C@H]2C(=C)C)S[C@@H]2[C@@H]([C@@H](C)O[Si](C)(C)C(C)(C)C)C(=O)N12. The summed E-state index contributed by atoms with van der Waals surface area (Å²) >= 11 is 1.48. The normalized spacial score (nSPS) is 23.3. The Bertz CT molecular complexity index is 1470. The third kappa shape index (κ3) is 8.00. The van der Waals surface area contributed by atoms with E-state index in [1.54, 1.807) is 4.90 Å². The first-order valence-electron chi connectivity index (χ1n) is 17.5. The highest BCUT2D eigenvalue weighted by molar-refractivity contribution is 8.04. The molecule has 1 aliphatic carbocycles. The second kappa shape index (κ2) is 15.4. The van der Waals surface area contributed by atoms with Crippen LogP contribution in [0.4, 0.5) is 0 Å². The summed E-state index contributed by atoms with van der Waals surface area (Å²) < 4.78 is 18.8. The Labute approximate surface area is 294 Å². The average Bonchev–Trinajstić information content (AvgIpc) is 3.31. The molecule has 1 N–H and O–H groups in total. The number of aryl methyl sites for hydroxylation is 1. The number of unbranched alkanes of at least 4 members (excludes halogenated alkanes) is 2. The quantitative estimate of drug-likeness (QED) is 0.0643. The van der Waals surface area contributed by atoms with Gasteiger partial charge in [0.05, 0.1) is 16.9 Å². The van der Waals surface area contributed by atoms with Crippen LogP contribution in [0.2, 0.25) is 18.1 Å². The molecule has 264 valence electrons. The zero-order valence-electron chi connectivity index (χ0n) is 30.6. The van der Waals surface area contributed by atoms with E-state index in [2.05, 4.69) is 73.9 Å². The van der Waals surface area contributed by atoms with E-state index in [9.17, 15) is 14.7 Å². The highest BCUT2D eigenvalue weighted by Crippen LogP contribution is 2.53. The molecule has 2 aliphatic heterocycles. The largest absolute Gasteiger partial charge is 0.507 e. The number of allylic oxidation sites excluding steroid dienone is 3. The molecule has 1 aromatic carbocycles. The molecule has 9 heteroatoms. The van der Waals surface area contributed by atoms with Crippen molar-refractivity contribution in [3.05, 3.63) is 70.3 Å². The fourth-order valence-corrected chi connectivity index (χ4v) is 9.69. The number of β-lactam (4-membered cyclic amide) rings is 1. The Kier molecular flexibility index (Phi) is 12.2. The van der Waals surface area contributed by atoms with Crippen LogP contribution in [-0.4, -0.2) is 54.9 Å². The van der Waals surface area contributed by atoms with E-state index in [0.717, 1.165) is 55.2 Å². The van der Waals surface area contributed by atoms with Crippen molar-refractivity contribution in [1.82, 2.24) is 4.90 Å². The molecule has 0 bridgehead atoms. The van der Waals surface area contributed by atoms with Crippen LogP contribution in [0.1, 0.15) is 97.6 Å². The molecular formula is C39H57NO6SSi. The van der Waals surface area contributed by atoms with Gasteiger partial charge < -0.3 is 19.0 Å². The van der Waals surface area contributed by atoms with E-state index in [4.69, 9.17) is 13.9 Å². The number of hydrogen-bond acceptors (Lipinski definition) is 7. The lowest BCUT2D eigenvalue weighted by Gasteiger charge is -2.48. The minimum absolute atomic E-state index is 0.00296. The van der Waals surface area contributed by atoms with Gasteiger partial charge in [-0.2, -0.15) is 0 Å². The lowest BCUT2D eigenvalue weighted by Crippen LogP contribution is -2.62. The number of benzene rings is 1. The van der Waals surface area contributed by atoms with Crippen molar-refractivity contribution < 1.29 is 28.6 Å². The lowest BCUT2D eigenvalue weighted by molar-refractivity contribution is -0.157. The molecule has 2 heterocycles. The Hall–Kier alpha value is -2.75. The zero-order chi connectivity index (χ0) is 35.6. The standard InChI is InChI=1S/C39H57NO6SSi/c1-12-14-15-16-27-21-30(41)34(29-20-25(5)17-18-28(29)24(3)4)31(22-27)45-23-32-35(38(43)44-19-13-2)40-36(42)33(37(40)47-32)26(6)46-48(10,11)39(7,8)9/h13,20-22,26,28-29,33,37,41H,2-3,12,14-19,23H2,1,4-11H3/t26-,28+,29-,33+,37-/m1/s1. The lowest BCUT2D eigenvalue weighted by atomic mass is 9.73. The number of carbonyl (C=O) groups excluding carboxylic acids is 2. The molecule has 1 saturated heterocycles. The number of rotatable bonds is 15. The molecule has 0 spiro atoms. The smallest absolute Gasteiger partial charge is 0.356 e. The van der Waals surface area contributed by atoms with Crippen LogP contribution in [0, 0.1) is 11.8 Å². The van der Waals surface area contributed by atoms with Crippen LogP contribution in [-0.2, 0) is 25.2 Å². The maximum absolute atomic E-state index is 13.7. The first-order chi connectivity index (χ1) is 22.5. The van der Waals surface area contributed by atoms with Crippen LogP contribution in [0.5, 0.6) is 11.5 Å². The zero-order valence-corrected chi connectivity index (χ0v) is 32.4. The van der Waals surface area contributed by atoms with Gasteiger partial charge in [-0.15, -0.1) is 0 Å². The van der Waals surface area contributed by atoms with Gasteiger partial charge in [0.25, 0.3) is 0 Å². The molecule has 1 fully saturated rings. The second-order valence-electron chi connectivity index (χ2n) is 15.3. The molecule has 4 rings (SSSR count). The number of phenols is 1. The van der Waals surface area contributed by atoms with Gasteiger partial charge in [0.1, 0.15) is 35.8 Å². The first kappa shape index (κ1) is 38.1. The molecular weight excluding hydrogens is 639 g/mol. The minimum atomic E-state index is -2.14. The summed E-state index contributed by atoms with van der Waals surface area (Å²) in [6, 6.07) is 3.93. The van der Waals surface area contributed by atoms with E-state index in [1.807, 2.05) is 19.1 Å². The van der Waals surface area contributed by atoms with Crippen LogP contribution < -0.4 is 4.74 Å². The van der Waals surface area contributed by atoms with Crippen LogP contribution in [0.15, 0.2) is 59.2 Å². The van der Waals surface area contributed by atoms with E-state index in [-0.39, 0.29) is 58.9 Å². The van der Waals surface area contributed by atoms with E-state index < -0.39 is 20.2 Å². The first-order valence-corrected chi connectivity index (χ1v) is 21.3. The Balaban J connectivity index is 1.69. The monoisotopic (exact) mass is 695 g/mol. The van der Waals surface area contributed by atoms with Gasteiger partial charge in [-0.25, -0.2) is 4.79 Å². The summed E-state index contributed by atoms with van der Waals surface area (Å²) in [4.78, 5) is 29.4. The number of carbonyl (C=O) groups is 2. The van der Waals surface area contributed by atoms with Gasteiger partial charge in [-0.1, -0.05) is 88.8 Å². The van der Waals surface area contributed by atoms with Crippen molar-refractivity contribution in [3.8, 4) is 11.5 Å². The van der Waals surface area contributed by atoms with Crippen molar-refractivity contribution in [2.24, 2.45) is 11.8 Å². The molecule has 1 aromatic rings. The molecule has 0 aromatic heterocycles. The van der Waals surface area contributed by atoms with Crippen LogP contribution >= 0.6 is 11.8 Å². The fourth-order valence-electron chi connectivity index (χ4n) is 6.75. The molecule has 48 heavy (non-hydrogen) atoms. The predicted octanol–water partition coefficient (Wildman–Crippen LogP) is 9.40. The summed E-state index contributed by atoms with van der Waals surface area (Å²) in [7, 11) is -2.14. The van der Waals surface area contributed by atoms with Gasteiger partial charge >= 0.3 is 5.97 Å². The van der Waals surface area contributed by atoms with Crippen molar-refractivity contribution >= 4 is 32.0 Å². The summed E-state index contributed by atoms with van der Waals surface area (Å²) in [5.41, 5.74) is 4.34. The molecule has 0 unspecified atom stereocenters. The van der Waals surface area contributed by atoms with Crippen molar-refractivity contribution in [1.29, 1.82) is 0 Å². The topological polar surface area (TPSA) is 85.3 Å². The Morgan fingerprint density at radius 3 is 2.58 bits per heavy atom. The Morgan fingerprint density at radius 1 is 1.25 bits per heavy atom. The molecule has 0 saturated carbocycles. The molecule has 1 amide bonds. The number of nitrogens with zero attached hydrogens (tertiary/aromatic N) is 1. The summed E-state index contributed by atoms with van der Waals surface area (Å²) in [5, 5.41) is 11.3. The number of ether oxygens (including phenoxy) is 2. The number of amides is 1. The van der Waals surface area contributed by atoms with Crippen molar-refractivity contribution in [3.63, 3.8) is 0 Å². The van der Waals surface area contributed by atoms with E-state index in [0.29, 0.717) is 10.7 Å². The maximum Gasteiger partial charge on any atom is 0.356 e. The third-order valence-electron chi connectivity index (χ3n) is 10.5. The highest BCUT2D eigenvalue weighted by atomic mass is 32.2. The second-order valence-corrected chi connectivity index (χ2v) is 21.3. The minimum Gasteiger partial charge on any atom is -0.507 e. The average molecular weight is 696 g/mol. The third-order valence-corrected chi connectivity index (χ3v) is 16.4. The van der Waals surface area contributed by atoms with E-state index >= 15 is 0 Å². The molecule has 7 nitrogen and oxygen atoms in total. The number of thioether (sulfide) groups is 1. The fraction of sp³-hybridized carbons (Fsp3) is 0.590. The summed E-state index contributed by atoms with van der Waals surface area (Å²) in [6.07, 6.45) is 9.44. The predicted molar refractivity (Wildman–Crippen MR) is 199 cm³/mol. The number of esters is 1. The molecule has 0 radical (unpaired) electrons. The van der Waals surface area contributed by atoms with Gasteiger partial charge in [-0.05, 0) is 88.2 Å². The summed E-state index contributed by atoms with van der Waals surface area (Å²) in [6.45, 7) is 27.3. The maximum atomic E-state index is 13.7. The number of phenolic OH excluding ortho intramolecular Hbond substituents is 1. The van der Waals surface area contributed by atoms with Crippen LogP contribution in [0.3, 0.4) is 0 Å². The van der Waals surface area contributed by atoms with Gasteiger partial charge in [0.15, 0.2) is 8.32 Å². The highest BCUT2D eigenvalue weighted by Gasteiger charge is 2.59. The van der Waals surface area contributed by atoms with Gasteiger partial charge in [-0.3, -0.25) is 9.69 Å². The van der Waals surface area contributed by atoms with Gasteiger partial charge in [0, 0.05) is 11.5 Å². The van der Waals surface area contributed by atoms with E-state index in [1.165, 1.54) is 23.4 Å².